The van der Waals surface area contributed by atoms with Crippen molar-refractivity contribution in [3.63, 3.8) is 0 Å². The number of rotatable bonds is 4. The Labute approximate surface area is 81.2 Å². The van der Waals surface area contributed by atoms with E-state index in [9.17, 15) is 22.0 Å². The van der Waals surface area contributed by atoms with Gasteiger partial charge in [0.2, 0.25) is 6.86 Å². The molecule has 0 atom stereocenters. The van der Waals surface area contributed by atoms with Crippen LogP contribution in [-0.4, -0.2) is 13.5 Å². The molecule has 0 aliphatic rings. The molecule has 1 rings (SSSR count). The second-order valence-electron chi connectivity index (χ2n) is 2.35. The quantitative estimate of drug-likeness (QED) is 0.737. The van der Waals surface area contributed by atoms with Gasteiger partial charge in [-0.1, -0.05) is 0 Å². The predicted molar refractivity (Wildman–Crippen MR) is 39.6 cm³/mol. The third kappa shape index (κ3) is 2.97. The molecule has 0 fully saturated rings. The van der Waals surface area contributed by atoms with Crippen molar-refractivity contribution in [1.82, 2.24) is 0 Å². The van der Waals surface area contributed by atoms with E-state index in [-0.39, 0.29) is 0 Å². The molecule has 15 heavy (non-hydrogen) atoms. The van der Waals surface area contributed by atoms with E-state index >= 15 is 0 Å². The maximum Gasteiger partial charge on any atom is 0.387 e. The van der Waals surface area contributed by atoms with Crippen LogP contribution in [-0.2, 0) is 0 Å². The lowest BCUT2D eigenvalue weighted by molar-refractivity contribution is -0.0524. The van der Waals surface area contributed by atoms with Crippen molar-refractivity contribution < 1.29 is 31.4 Å². The minimum Gasteiger partial charge on any atom is -0.460 e. The fourth-order valence-corrected chi connectivity index (χ4v) is 0.866. The molecule has 1 aromatic rings. The van der Waals surface area contributed by atoms with Gasteiger partial charge in [0.25, 0.3) is 0 Å². The summed E-state index contributed by atoms with van der Waals surface area (Å²) in [6.07, 6.45) is 0. The first-order valence-electron chi connectivity index (χ1n) is 3.67. The maximum atomic E-state index is 12.9. The van der Waals surface area contributed by atoms with Gasteiger partial charge in [-0.2, -0.15) is 8.78 Å². The molecule has 0 saturated carbocycles. The highest BCUT2D eigenvalue weighted by Crippen LogP contribution is 2.27. The number of ether oxygens (including phenoxy) is 2. The van der Waals surface area contributed by atoms with Crippen molar-refractivity contribution in [2.45, 2.75) is 6.61 Å². The van der Waals surface area contributed by atoms with E-state index in [0.717, 1.165) is 0 Å². The van der Waals surface area contributed by atoms with E-state index in [0.29, 0.717) is 12.1 Å². The third-order valence-corrected chi connectivity index (χ3v) is 1.41. The number of benzene rings is 1. The molecule has 0 bridgehead atoms. The lowest BCUT2D eigenvalue weighted by Crippen LogP contribution is -2.05. The Morgan fingerprint density at radius 3 is 2.13 bits per heavy atom. The van der Waals surface area contributed by atoms with Gasteiger partial charge >= 0.3 is 6.61 Å². The summed E-state index contributed by atoms with van der Waals surface area (Å²) < 4.78 is 68.5. The molecular formula is C8H5F5O2. The topological polar surface area (TPSA) is 18.5 Å². The summed E-state index contributed by atoms with van der Waals surface area (Å²) in [7, 11) is 0. The van der Waals surface area contributed by atoms with Crippen LogP contribution in [0.3, 0.4) is 0 Å². The molecule has 0 N–H and O–H groups in total. The van der Waals surface area contributed by atoms with E-state index in [4.69, 9.17) is 0 Å². The summed E-state index contributed by atoms with van der Waals surface area (Å²) in [6.45, 7) is -4.63. The highest BCUT2D eigenvalue weighted by molar-refractivity contribution is 5.34. The second-order valence-corrected chi connectivity index (χ2v) is 2.35. The van der Waals surface area contributed by atoms with Gasteiger partial charge in [0, 0.05) is 12.1 Å². The highest BCUT2D eigenvalue weighted by Gasteiger charge is 2.15. The lowest BCUT2D eigenvalue weighted by Gasteiger charge is -2.08. The molecule has 7 heteroatoms. The van der Waals surface area contributed by atoms with Gasteiger partial charge in [-0.3, -0.25) is 0 Å². The van der Waals surface area contributed by atoms with Gasteiger partial charge in [-0.25, -0.2) is 13.2 Å². The molecule has 2 nitrogen and oxygen atoms in total. The summed E-state index contributed by atoms with van der Waals surface area (Å²) in [5.41, 5.74) is 0. The van der Waals surface area contributed by atoms with E-state index in [1.807, 2.05) is 0 Å². The predicted octanol–water partition coefficient (Wildman–Crippen LogP) is 2.87. The standard InChI is InChI=1S/C8H5F5O2/c9-3-14-6-1-5(11)7(2-4(6)10)15-8(12)13/h1-2,8H,3H2. The Kier molecular flexibility index (Phi) is 3.70. The van der Waals surface area contributed by atoms with E-state index in [1.165, 1.54) is 0 Å². The Morgan fingerprint density at radius 2 is 1.60 bits per heavy atom. The SMILES string of the molecule is FCOc1cc(F)c(OC(F)F)cc1F. The summed E-state index contributed by atoms with van der Waals surface area (Å²) >= 11 is 0. The minimum absolute atomic E-state index is 0.354. The second kappa shape index (κ2) is 4.81. The van der Waals surface area contributed by atoms with Crippen LogP contribution in [0.15, 0.2) is 12.1 Å². The summed E-state index contributed by atoms with van der Waals surface area (Å²) in [4.78, 5) is 0. The maximum absolute atomic E-state index is 12.9. The normalized spacial score (nSPS) is 10.5. The van der Waals surface area contributed by atoms with Crippen LogP contribution in [0.5, 0.6) is 11.5 Å². The molecule has 0 heterocycles. The van der Waals surface area contributed by atoms with Gasteiger partial charge < -0.3 is 9.47 Å². The molecule has 0 saturated heterocycles. The van der Waals surface area contributed by atoms with Crippen molar-refractivity contribution >= 4 is 0 Å². The molecule has 0 aliphatic carbocycles. The van der Waals surface area contributed by atoms with Crippen molar-refractivity contribution in [2.24, 2.45) is 0 Å². The van der Waals surface area contributed by atoms with Crippen LogP contribution < -0.4 is 9.47 Å². The van der Waals surface area contributed by atoms with Gasteiger partial charge in [-0.15, -0.1) is 0 Å². The summed E-state index contributed by atoms with van der Waals surface area (Å²) in [6, 6.07) is 0.777. The number of hydrogen-bond donors (Lipinski definition) is 0. The van der Waals surface area contributed by atoms with E-state index in [2.05, 4.69) is 9.47 Å². The van der Waals surface area contributed by atoms with Crippen LogP contribution in [0.2, 0.25) is 0 Å². The average molecular weight is 228 g/mol. The Balaban J connectivity index is 2.97. The smallest absolute Gasteiger partial charge is 0.387 e. The molecule has 84 valence electrons. The molecule has 0 unspecified atom stereocenters. The van der Waals surface area contributed by atoms with Crippen molar-refractivity contribution in [3.8, 4) is 11.5 Å². The van der Waals surface area contributed by atoms with Crippen LogP contribution in [0, 0.1) is 11.6 Å². The molecule has 0 amide bonds. The van der Waals surface area contributed by atoms with Crippen LogP contribution >= 0.6 is 0 Å². The van der Waals surface area contributed by atoms with Crippen LogP contribution in [0.25, 0.3) is 0 Å². The monoisotopic (exact) mass is 228 g/mol. The summed E-state index contributed by atoms with van der Waals surface area (Å²) in [5, 5.41) is 0. The molecule has 0 aromatic heterocycles. The number of alkyl halides is 3. The summed E-state index contributed by atoms with van der Waals surface area (Å²) in [5.74, 6) is -4.13. The molecule has 0 spiro atoms. The first-order chi connectivity index (χ1) is 7.04. The van der Waals surface area contributed by atoms with Crippen LogP contribution in [0.4, 0.5) is 22.0 Å². The van der Waals surface area contributed by atoms with E-state index < -0.39 is 36.6 Å². The van der Waals surface area contributed by atoms with Crippen LogP contribution in [0.1, 0.15) is 0 Å². The fourth-order valence-electron chi connectivity index (χ4n) is 0.866. The van der Waals surface area contributed by atoms with Crippen molar-refractivity contribution in [2.75, 3.05) is 6.86 Å². The van der Waals surface area contributed by atoms with Gasteiger partial charge in [0.15, 0.2) is 23.1 Å². The van der Waals surface area contributed by atoms with Gasteiger partial charge in [0.1, 0.15) is 0 Å². The zero-order valence-electron chi connectivity index (χ0n) is 7.15. The van der Waals surface area contributed by atoms with Crippen molar-refractivity contribution in [1.29, 1.82) is 0 Å². The Morgan fingerprint density at radius 1 is 1.07 bits per heavy atom. The first kappa shape index (κ1) is 11.5. The third-order valence-electron chi connectivity index (χ3n) is 1.41. The largest absolute Gasteiger partial charge is 0.460 e. The van der Waals surface area contributed by atoms with Gasteiger partial charge in [0.05, 0.1) is 0 Å². The molecule has 0 radical (unpaired) electrons. The van der Waals surface area contributed by atoms with E-state index in [1.54, 1.807) is 0 Å². The lowest BCUT2D eigenvalue weighted by atomic mass is 10.3. The molecule has 1 aromatic carbocycles. The fraction of sp³-hybridized carbons (Fsp3) is 0.250. The average Bonchev–Trinajstić information content (AvgIpc) is 2.13. The number of halogens is 5. The minimum atomic E-state index is -3.27. The van der Waals surface area contributed by atoms with Crippen molar-refractivity contribution in [3.05, 3.63) is 23.8 Å². The van der Waals surface area contributed by atoms with Gasteiger partial charge in [-0.05, 0) is 0 Å². The highest BCUT2D eigenvalue weighted by atomic mass is 19.3. The zero-order valence-corrected chi connectivity index (χ0v) is 7.15. The first-order valence-corrected chi connectivity index (χ1v) is 3.67. The molecular weight excluding hydrogens is 223 g/mol. The zero-order chi connectivity index (χ0) is 11.4. The Hall–Kier alpha value is -1.53. The number of hydrogen-bond acceptors (Lipinski definition) is 2. The molecule has 0 aliphatic heterocycles. The Bertz CT molecular complexity index is 342.